The largest absolute Gasteiger partial charge is 0.311 e. The molecule has 0 radical (unpaired) electrons. The van der Waals surface area contributed by atoms with E-state index in [4.69, 9.17) is 0 Å². The Morgan fingerprint density at radius 3 is 2.75 bits per heavy atom. The normalized spacial score (nSPS) is 47.0. The number of hydrogen-bond donors (Lipinski definition) is 1. The molecule has 1 saturated carbocycles. The fourth-order valence-corrected chi connectivity index (χ4v) is 3.19. The van der Waals surface area contributed by atoms with E-state index >= 15 is 0 Å². The third-order valence-electron chi connectivity index (χ3n) is 4.37. The summed E-state index contributed by atoms with van der Waals surface area (Å²) in [5.74, 6) is 2.75. The Hall–Kier alpha value is -0.0400. The molecule has 3 unspecified atom stereocenters. The average molecular weight is 167 g/mol. The summed E-state index contributed by atoms with van der Waals surface area (Å²) in [6.45, 7) is 8.41. The lowest BCUT2D eigenvalue weighted by atomic mass is 9.76. The maximum atomic E-state index is 3.73. The predicted molar refractivity (Wildman–Crippen MR) is 52.1 cm³/mol. The second-order valence-corrected chi connectivity index (χ2v) is 5.12. The maximum absolute atomic E-state index is 3.73. The van der Waals surface area contributed by atoms with Gasteiger partial charge in [-0.1, -0.05) is 20.3 Å². The summed E-state index contributed by atoms with van der Waals surface area (Å²) in [4.78, 5) is 0. The molecule has 3 atom stereocenters. The summed E-state index contributed by atoms with van der Waals surface area (Å²) in [7, 11) is 0. The van der Waals surface area contributed by atoms with Crippen LogP contribution < -0.4 is 5.32 Å². The SMILES string of the molecule is CC(C)C1(C)NCC2CCCC21. The summed E-state index contributed by atoms with van der Waals surface area (Å²) in [6.07, 6.45) is 4.41. The third-order valence-corrected chi connectivity index (χ3v) is 4.37. The van der Waals surface area contributed by atoms with Crippen molar-refractivity contribution in [2.75, 3.05) is 6.54 Å². The quantitative estimate of drug-likeness (QED) is 0.632. The minimum atomic E-state index is 0.446. The maximum Gasteiger partial charge on any atom is 0.0207 e. The van der Waals surface area contributed by atoms with Gasteiger partial charge in [0, 0.05) is 5.54 Å². The molecule has 0 aromatic rings. The van der Waals surface area contributed by atoms with Crippen molar-refractivity contribution >= 4 is 0 Å². The van der Waals surface area contributed by atoms with E-state index in [1.807, 2.05) is 0 Å². The molecular formula is C11H21N. The molecular weight excluding hydrogens is 146 g/mol. The Kier molecular flexibility index (Phi) is 1.95. The van der Waals surface area contributed by atoms with Crippen molar-refractivity contribution in [3.05, 3.63) is 0 Å². The summed E-state index contributed by atoms with van der Waals surface area (Å²) in [6, 6.07) is 0. The van der Waals surface area contributed by atoms with E-state index in [0.717, 1.165) is 17.8 Å². The minimum absolute atomic E-state index is 0.446. The van der Waals surface area contributed by atoms with Crippen LogP contribution in [0.15, 0.2) is 0 Å². The highest BCUT2D eigenvalue weighted by Crippen LogP contribution is 2.46. The number of fused-ring (bicyclic) bond motifs is 1. The molecule has 1 nitrogen and oxygen atoms in total. The fraction of sp³-hybridized carbons (Fsp3) is 1.00. The van der Waals surface area contributed by atoms with Gasteiger partial charge in [-0.2, -0.15) is 0 Å². The molecule has 0 amide bonds. The highest BCUT2D eigenvalue weighted by Gasteiger charge is 2.48. The molecule has 0 aromatic heterocycles. The Bertz CT molecular complexity index is 176. The lowest BCUT2D eigenvalue weighted by molar-refractivity contribution is 0.210. The second kappa shape index (κ2) is 2.73. The molecule has 0 bridgehead atoms. The van der Waals surface area contributed by atoms with Crippen molar-refractivity contribution in [2.45, 2.75) is 45.6 Å². The van der Waals surface area contributed by atoms with Gasteiger partial charge in [-0.05, 0) is 44.1 Å². The first-order valence-corrected chi connectivity index (χ1v) is 5.39. The molecule has 0 aromatic carbocycles. The van der Waals surface area contributed by atoms with Gasteiger partial charge in [-0.3, -0.25) is 0 Å². The minimum Gasteiger partial charge on any atom is -0.311 e. The third kappa shape index (κ3) is 1.02. The fourth-order valence-electron chi connectivity index (χ4n) is 3.19. The summed E-state index contributed by atoms with van der Waals surface area (Å²) >= 11 is 0. The molecule has 70 valence electrons. The predicted octanol–water partition coefficient (Wildman–Crippen LogP) is 2.42. The topological polar surface area (TPSA) is 12.0 Å². The van der Waals surface area contributed by atoms with Crippen LogP contribution in [0.4, 0.5) is 0 Å². The van der Waals surface area contributed by atoms with Crippen molar-refractivity contribution in [1.82, 2.24) is 5.32 Å². The van der Waals surface area contributed by atoms with E-state index in [-0.39, 0.29) is 0 Å². The van der Waals surface area contributed by atoms with Gasteiger partial charge in [0.25, 0.3) is 0 Å². The molecule has 1 heteroatoms. The molecule has 2 fully saturated rings. The monoisotopic (exact) mass is 167 g/mol. The number of rotatable bonds is 1. The zero-order valence-corrected chi connectivity index (χ0v) is 8.56. The Morgan fingerprint density at radius 1 is 1.33 bits per heavy atom. The van der Waals surface area contributed by atoms with Crippen molar-refractivity contribution in [3.63, 3.8) is 0 Å². The molecule has 1 aliphatic heterocycles. The smallest absolute Gasteiger partial charge is 0.0207 e. The van der Waals surface area contributed by atoms with Gasteiger partial charge in [0.2, 0.25) is 0 Å². The van der Waals surface area contributed by atoms with Gasteiger partial charge in [0.1, 0.15) is 0 Å². The van der Waals surface area contributed by atoms with Crippen molar-refractivity contribution in [1.29, 1.82) is 0 Å². The zero-order chi connectivity index (χ0) is 8.77. The molecule has 1 heterocycles. The van der Waals surface area contributed by atoms with Gasteiger partial charge in [0.05, 0.1) is 0 Å². The van der Waals surface area contributed by atoms with E-state index in [1.54, 1.807) is 0 Å². The van der Waals surface area contributed by atoms with Crippen LogP contribution in [0.1, 0.15) is 40.0 Å². The standard InChI is InChI=1S/C11H21N/c1-8(2)11(3)10-6-4-5-9(10)7-12-11/h8-10,12H,4-7H2,1-3H3. The Balaban J connectivity index is 2.17. The molecule has 12 heavy (non-hydrogen) atoms. The van der Waals surface area contributed by atoms with E-state index in [2.05, 4.69) is 26.1 Å². The van der Waals surface area contributed by atoms with Crippen LogP contribution in [-0.4, -0.2) is 12.1 Å². The first kappa shape index (κ1) is 8.55. The van der Waals surface area contributed by atoms with Crippen LogP contribution in [0.2, 0.25) is 0 Å². The van der Waals surface area contributed by atoms with Crippen molar-refractivity contribution in [3.8, 4) is 0 Å². The molecule has 1 aliphatic carbocycles. The van der Waals surface area contributed by atoms with E-state index in [0.29, 0.717) is 5.54 Å². The van der Waals surface area contributed by atoms with Crippen LogP contribution in [0, 0.1) is 17.8 Å². The van der Waals surface area contributed by atoms with Crippen molar-refractivity contribution in [2.24, 2.45) is 17.8 Å². The number of nitrogens with one attached hydrogen (secondary N) is 1. The van der Waals surface area contributed by atoms with Crippen LogP contribution in [0.3, 0.4) is 0 Å². The van der Waals surface area contributed by atoms with Gasteiger partial charge >= 0.3 is 0 Å². The van der Waals surface area contributed by atoms with E-state index in [9.17, 15) is 0 Å². The van der Waals surface area contributed by atoms with E-state index in [1.165, 1.54) is 25.8 Å². The molecule has 1 N–H and O–H groups in total. The van der Waals surface area contributed by atoms with E-state index < -0.39 is 0 Å². The van der Waals surface area contributed by atoms with Crippen LogP contribution in [-0.2, 0) is 0 Å². The van der Waals surface area contributed by atoms with Gasteiger partial charge in [0.15, 0.2) is 0 Å². The van der Waals surface area contributed by atoms with Crippen LogP contribution >= 0.6 is 0 Å². The summed E-state index contributed by atoms with van der Waals surface area (Å²) in [5, 5.41) is 3.73. The van der Waals surface area contributed by atoms with Gasteiger partial charge < -0.3 is 5.32 Å². The highest BCUT2D eigenvalue weighted by atomic mass is 15.0. The Labute approximate surface area is 75.9 Å². The first-order valence-electron chi connectivity index (χ1n) is 5.39. The number of hydrogen-bond acceptors (Lipinski definition) is 1. The lowest BCUT2D eigenvalue weighted by Gasteiger charge is -2.35. The zero-order valence-electron chi connectivity index (χ0n) is 8.56. The molecule has 2 rings (SSSR count). The second-order valence-electron chi connectivity index (χ2n) is 5.12. The van der Waals surface area contributed by atoms with Crippen LogP contribution in [0.5, 0.6) is 0 Å². The van der Waals surface area contributed by atoms with Crippen LogP contribution in [0.25, 0.3) is 0 Å². The van der Waals surface area contributed by atoms with Gasteiger partial charge in [-0.25, -0.2) is 0 Å². The lowest BCUT2D eigenvalue weighted by Crippen LogP contribution is -2.46. The summed E-state index contributed by atoms with van der Waals surface area (Å²) < 4.78 is 0. The average Bonchev–Trinajstić information content (AvgIpc) is 2.54. The molecule has 0 spiro atoms. The first-order chi connectivity index (χ1) is 5.64. The van der Waals surface area contributed by atoms with Gasteiger partial charge in [-0.15, -0.1) is 0 Å². The molecule has 1 saturated heterocycles. The Morgan fingerprint density at radius 2 is 2.08 bits per heavy atom. The van der Waals surface area contributed by atoms with Crippen molar-refractivity contribution < 1.29 is 0 Å². The molecule has 2 aliphatic rings. The highest BCUT2D eigenvalue weighted by molar-refractivity contribution is 5.04. The summed E-state index contributed by atoms with van der Waals surface area (Å²) in [5.41, 5.74) is 0.446.